The van der Waals surface area contributed by atoms with Gasteiger partial charge in [-0.25, -0.2) is 0 Å². The van der Waals surface area contributed by atoms with E-state index in [-0.39, 0.29) is 17.6 Å². The van der Waals surface area contributed by atoms with Gasteiger partial charge in [-0.15, -0.1) is 0 Å². The van der Waals surface area contributed by atoms with E-state index in [1.807, 2.05) is 13.8 Å². The molecule has 0 bridgehead atoms. The van der Waals surface area contributed by atoms with Gasteiger partial charge in [-0.1, -0.05) is 6.92 Å². The molecule has 1 aliphatic heterocycles. The van der Waals surface area contributed by atoms with E-state index < -0.39 is 5.41 Å². The molecular weight excluding hydrogens is 256 g/mol. The van der Waals surface area contributed by atoms with Crippen LogP contribution in [0.4, 0.5) is 11.4 Å². The highest BCUT2D eigenvalue weighted by atomic mass is 16.3. The van der Waals surface area contributed by atoms with Crippen molar-refractivity contribution in [3.63, 3.8) is 0 Å². The van der Waals surface area contributed by atoms with Crippen LogP contribution in [0.1, 0.15) is 27.2 Å². The third-order valence-electron chi connectivity index (χ3n) is 4.13. The molecule has 0 saturated heterocycles. The molecule has 20 heavy (non-hydrogen) atoms. The quantitative estimate of drug-likeness (QED) is 0.842. The van der Waals surface area contributed by atoms with Gasteiger partial charge in [0.1, 0.15) is 11.2 Å². The SMILES string of the molecule is CCN1C(=O)C(C)(CC)C(=O)N(C)c2cc(O)ccc21. The lowest BCUT2D eigenvalue weighted by atomic mass is 9.84. The molecule has 1 heterocycles. The lowest BCUT2D eigenvalue weighted by molar-refractivity contribution is -0.139. The van der Waals surface area contributed by atoms with E-state index >= 15 is 0 Å². The zero-order chi connectivity index (χ0) is 15.1. The van der Waals surface area contributed by atoms with Crippen LogP contribution in [0.2, 0.25) is 0 Å². The first-order valence-corrected chi connectivity index (χ1v) is 6.80. The number of fused-ring (bicyclic) bond motifs is 1. The number of phenolic OH excluding ortho intramolecular Hbond substituents is 1. The Morgan fingerprint density at radius 2 is 1.80 bits per heavy atom. The van der Waals surface area contributed by atoms with Gasteiger partial charge in [0.2, 0.25) is 11.8 Å². The highest BCUT2D eigenvalue weighted by Gasteiger charge is 2.47. The average molecular weight is 276 g/mol. The zero-order valence-electron chi connectivity index (χ0n) is 12.3. The van der Waals surface area contributed by atoms with Crippen LogP contribution in [0.3, 0.4) is 0 Å². The first-order valence-electron chi connectivity index (χ1n) is 6.80. The first kappa shape index (κ1) is 14.4. The Labute approximate surface area is 118 Å². The molecule has 5 nitrogen and oxygen atoms in total. The fourth-order valence-corrected chi connectivity index (χ4v) is 2.60. The molecule has 0 radical (unpaired) electrons. The van der Waals surface area contributed by atoms with Crippen molar-refractivity contribution in [2.75, 3.05) is 23.4 Å². The highest BCUT2D eigenvalue weighted by Crippen LogP contribution is 2.41. The summed E-state index contributed by atoms with van der Waals surface area (Å²) in [6, 6.07) is 4.73. The third-order valence-corrected chi connectivity index (χ3v) is 4.13. The van der Waals surface area contributed by atoms with Crippen molar-refractivity contribution < 1.29 is 14.7 Å². The summed E-state index contributed by atoms with van der Waals surface area (Å²) in [5.74, 6) is -0.358. The molecule has 5 heteroatoms. The lowest BCUT2D eigenvalue weighted by Crippen LogP contribution is -2.48. The molecule has 1 N–H and O–H groups in total. The summed E-state index contributed by atoms with van der Waals surface area (Å²) in [4.78, 5) is 28.5. The molecule has 1 atom stereocenters. The maximum absolute atomic E-state index is 12.7. The van der Waals surface area contributed by atoms with E-state index in [1.165, 1.54) is 17.0 Å². The van der Waals surface area contributed by atoms with Gasteiger partial charge < -0.3 is 14.9 Å². The number of phenols is 1. The van der Waals surface area contributed by atoms with Crippen LogP contribution in [0.25, 0.3) is 0 Å². The van der Waals surface area contributed by atoms with Crippen molar-refractivity contribution in [3.05, 3.63) is 18.2 Å². The number of hydrogen-bond acceptors (Lipinski definition) is 3. The summed E-state index contributed by atoms with van der Waals surface area (Å²) < 4.78 is 0. The van der Waals surface area contributed by atoms with Gasteiger partial charge in [-0.05, 0) is 32.4 Å². The van der Waals surface area contributed by atoms with Crippen LogP contribution in [-0.4, -0.2) is 30.5 Å². The Kier molecular flexibility index (Phi) is 3.46. The monoisotopic (exact) mass is 276 g/mol. The summed E-state index contributed by atoms with van der Waals surface area (Å²) >= 11 is 0. The van der Waals surface area contributed by atoms with Crippen LogP contribution in [0.15, 0.2) is 18.2 Å². The Bertz CT molecular complexity index is 570. The molecule has 1 aromatic rings. The molecule has 0 spiro atoms. The largest absolute Gasteiger partial charge is 0.508 e. The van der Waals surface area contributed by atoms with E-state index in [0.29, 0.717) is 24.3 Å². The van der Waals surface area contributed by atoms with Crippen molar-refractivity contribution in [1.29, 1.82) is 0 Å². The minimum atomic E-state index is -1.07. The average Bonchev–Trinajstić information content (AvgIpc) is 2.50. The fourth-order valence-electron chi connectivity index (χ4n) is 2.60. The summed E-state index contributed by atoms with van der Waals surface area (Å²) in [7, 11) is 1.64. The molecule has 1 unspecified atom stereocenters. The second kappa shape index (κ2) is 4.81. The number of carbonyl (C=O) groups is 2. The molecule has 0 saturated carbocycles. The Hall–Kier alpha value is -2.04. The lowest BCUT2D eigenvalue weighted by Gasteiger charge is -2.29. The second-order valence-corrected chi connectivity index (χ2v) is 5.27. The number of aromatic hydroxyl groups is 1. The number of rotatable bonds is 2. The molecule has 0 aliphatic carbocycles. The minimum Gasteiger partial charge on any atom is -0.508 e. The molecule has 108 valence electrons. The van der Waals surface area contributed by atoms with Crippen molar-refractivity contribution in [2.45, 2.75) is 27.2 Å². The van der Waals surface area contributed by atoms with Crippen LogP contribution >= 0.6 is 0 Å². The highest BCUT2D eigenvalue weighted by molar-refractivity contribution is 6.20. The summed E-state index contributed by atoms with van der Waals surface area (Å²) in [5, 5.41) is 9.65. The first-order chi connectivity index (χ1) is 9.36. The van der Waals surface area contributed by atoms with Gasteiger partial charge in [-0.2, -0.15) is 0 Å². The topological polar surface area (TPSA) is 60.9 Å². The van der Waals surface area contributed by atoms with Crippen molar-refractivity contribution >= 4 is 23.2 Å². The number of hydrogen-bond donors (Lipinski definition) is 1. The van der Waals surface area contributed by atoms with Gasteiger partial charge in [-0.3, -0.25) is 9.59 Å². The van der Waals surface area contributed by atoms with Crippen LogP contribution < -0.4 is 9.80 Å². The predicted octanol–water partition coefficient (Wildman–Crippen LogP) is 2.14. The number of nitrogens with zero attached hydrogens (tertiary/aromatic N) is 2. The number of carbonyl (C=O) groups excluding carboxylic acids is 2. The standard InChI is InChI=1S/C15H20N2O3/c1-5-15(3)13(19)16(4)12-9-10(18)7-8-11(12)17(6-2)14(15)20/h7-9,18H,5-6H2,1-4H3. The van der Waals surface area contributed by atoms with Crippen molar-refractivity contribution in [1.82, 2.24) is 0 Å². The summed E-state index contributed by atoms with van der Waals surface area (Å²) in [6.07, 6.45) is 0.436. The molecule has 1 aliphatic rings. The maximum Gasteiger partial charge on any atom is 0.242 e. The van der Waals surface area contributed by atoms with E-state index in [2.05, 4.69) is 0 Å². The van der Waals surface area contributed by atoms with Crippen LogP contribution in [0.5, 0.6) is 5.75 Å². The molecule has 2 amide bonds. The fraction of sp³-hybridized carbons (Fsp3) is 0.467. The predicted molar refractivity (Wildman–Crippen MR) is 77.9 cm³/mol. The van der Waals surface area contributed by atoms with E-state index in [4.69, 9.17) is 0 Å². The molecule has 1 aromatic carbocycles. The van der Waals surface area contributed by atoms with Gasteiger partial charge >= 0.3 is 0 Å². The van der Waals surface area contributed by atoms with Crippen molar-refractivity contribution in [2.24, 2.45) is 5.41 Å². The van der Waals surface area contributed by atoms with Gasteiger partial charge in [0.15, 0.2) is 0 Å². The normalized spacial score (nSPS) is 22.8. The molecular formula is C15H20N2O3. The van der Waals surface area contributed by atoms with Crippen molar-refractivity contribution in [3.8, 4) is 5.75 Å². The van der Waals surface area contributed by atoms with E-state index in [9.17, 15) is 14.7 Å². The van der Waals surface area contributed by atoms with Gasteiger partial charge in [0.05, 0.1) is 11.4 Å². The number of anilines is 2. The smallest absolute Gasteiger partial charge is 0.242 e. The van der Waals surface area contributed by atoms with Crippen LogP contribution in [-0.2, 0) is 9.59 Å². The molecule has 0 aromatic heterocycles. The summed E-state index contributed by atoms with van der Waals surface area (Å²) in [6.45, 7) is 5.88. The summed E-state index contributed by atoms with van der Waals surface area (Å²) in [5.41, 5.74) is 0.144. The van der Waals surface area contributed by atoms with E-state index in [0.717, 1.165) is 0 Å². The Morgan fingerprint density at radius 1 is 1.15 bits per heavy atom. The zero-order valence-corrected chi connectivity index (χ0v) is 12.3. The van der Waals surface area contributed by atoms with Crippen LogP contribution in [0, 0.1) is 5.41 Å². The molecule has 2 rings (SSSR count). The molecule has 0 fully saturated rings. The Morgan fingerprint density at radius 3 is 2.35 bits per heavy atom. The Balaban J connectivity index is 2.71. The minimum absolute atomic E-state index is 0.0759. The maximum atomic E-state index is 12.7. The number of benzene rings is 1. The van der Waals surface area contributed by atoms with Gasteiger partial charge in [0, 0.05) is 19.7 Å². The second-order valence-electron chi connectivity index (χ2n) is 5.27. The number of amides is 2. The van der Waals surface area contributed by atoms with Gasteiger partial charge in [0.25, 0.3) is 0 Å². The third kappa shape index (κ3) is 1.85. The van der Waals surface area contributed by atoms with E-state index in [1.54, 1.807) is 24.9 Å².